The first kappa shape index (κ1) is 26.0. The molecule has 2 aliphatic carbocycles. The molecule has 0 atom stereocenters. The Kier molecular flexibility index (Phi) is 8.16. The fraction of sp³-hybridized carbons (Fsp3) is 0.769. The minimum atomic E-state index is -0.656. The van der Waals surface area contributed by atoms with Gasteiger partial charge in [-0.1, -0.05) is 62.8 Å². The summed E-state index contributed by atoms with van der Waals surface area (Å²) in [6.07, 6.45) is 11.0. The second-order valence-corrected chi connectivity index (χ2v) is 12.4. The quantitative estimate of drug-likeness (QED) is 0.172. The maximum Gasteiger partial charge on any atom is 0.316 e. The average Bonchev–Trinajstić information content (AvgIpc) is 3.14. The zero-order valence-electron chi connectivity index (χ0n) is 20.9. The molecule has 2 fully saturated rings. The lowest BCUT2D eigenvalue weighted by molar-refractivity contribution is -0.149. The molecular weight excluding hydrogens is 408 g/mol. The van der Waals surface area contributed by atoms with Gasteiger partial charge in [-0.3, -0.25) is 9.59 Å². The molecule has 0 amide bonds. The monoisotopic (exact) mass is 450 g/mol. The molecule has 0 unspecified atom stereocenters. The van der Waals surface area contributed by atoms with Crippen molar-refractivity contribution in [1.29, 1.82) is 0 Å². The van der Waals surface area contributed by atoms with E-state index in [2.05, 4.69) is 39.8 Å². The van der Waals surface area contributed by atoms with Crippen LogP contribution in [0, 0.1) is 21.7 Å². The van der Waals surface area contributed by atoms with Gasteiger partial charge in [0, 0.05) is 0 Å². The van der Waals surface area contributed by atoms with Crippen LogP contribution in [0.1, 0.15) is 93.9 Å². The van der Waals surface area contributed by atoms with Gasteiger partial charge in [0.15, 0.2) is 0 Å². The summed E-state index contributed by atoms with van der Waals surface area (Å²) in [6.45, 7) is 16.6. The second kappa shape index (κ2) is 9.72. The molecule has 0 spiro atoms. The van der Waals surface area contributed by atoms with Crippen LogP contribution in [-0.4, -0.2) is 23.8 Å². The zero-order chi connectivity index (χ0) is 23.5. The predicted octanol–water partition coefficient (Wildman–Crippen LogP) is 7.05. The summed E-state index contributed by atoms with van der Waals surface area (Å²) < 4.78 is 10.9. The maximum absolute atomic E-state index is 12.6. The number of hydrogen-bond donors (Lipinski definition) is 0. The fourth-order valence-corrected chi connectivity index (χ4v) is 5.01. The molecule has 0 saturated heterocycles. The Hall–Kier alpha value is -1.23. The predicted molar refractivity (Wildman–Crippen MR) is 129 cm³/mol. The van der Waals surface area contributed by atoms with E-state index in [0.29, 0.717) is 0 Å². The minimum Gasteiger partial charge on any atom is -0.454 e. The SMILES string of the molecule is CC(C)(C=C1CCCC1(C)C)C(=O)OCSCOC(=O)C(C)(C)C=C1CCCC1(C)C. The summed E-state index contributed by atoms with van der Waals surface area (Å²) in [4.78, 5) is 25.2. The van der Waals surface area contributed by atoms with Crippen LogP contribution >= 0.6 is 11.8 Å². The third-order valence-corrected chi connectivity index (χ3v) is 7.47. The molecule has 4 nitrogen and oxygen atoms in total. The molecule has 31 heavy (non-hydrogen) atoms. The van der Waals surface area contributed by atoms with Gasteiger partial charge < -0.3 is 9.47 Å². The lowest BCUT2D eigenvalue weighted by Crippen LogP contribution is -2.27. The van der Waals surface area contributed by atoms with E-state index in [1.165, 1.54) is 35.7 Å². The Balaban J connectivity index is 1.78. The number of rotatable bonds is 8. The summed E-state index contributed by atoms with van der Waals surface area (Å²) in [5.74, 6) is -0.127. The molecule has 0 bridgehead atoms. The van der Waals surface area contributed by atoms with Crippen molar-refractivity contribution in [2.45, 2.75) is 93.9 Å². The maximum atomic E-state index is 12.6. The summed E-state index contributed by atoms with van der Waals surface area (Å²) in [7, 11) is 0. The molecule has 176 valence electrons. The molecule has 0 radical (unpaired) electrons. The molecule has 2 rings (SSSR count). The van der Waals surface area contributed by atoms with Crippen LogP contribution < -0.4 is 0 Å². The van der Waals surface area contributed by atoms with E-state index in [4.69, 9.17) is 9.47 Å². The highest BCUT2D eigenvalue weighted by atomic mass is 32.2. The summed E-state index contributed by atoms with van der Waals surface area (Å²) >= 11 is 1.30. The Labute approximate surface area is 193 Å². The highest BCUT2D eigenvalue weighted by Gasteiger charge is 2.35. The Morgan fingerprint density at radius 2 is 1.16 bits per heavy atom. The van der Waals surface area contributed by atoms with Crippen LogP contribution in [0.3, 0.4) is 0 Å². The van der Waals surface area contributed by atoms with Gasteiger partial charge in [0.25, 0.3) is 0 Å². The van der Waals surface area contributed by atoms with Crippen molar-refractivity contribution < 1.29 is 19.1 Å². The number of thioether (sulfide) groups is 1. The minimum absolute atomic E-state index is 0.163. The molecule has 0 N–H and O–H groups in total. The number of carbonyl (C=O) groups excluding carboxylic acids is 2. The van der Waals surface area contributed by atoms with Crippen molar-refractivity contribution >= 4 is 23.7 Å². The van der Waals surface area contributed by atoms with Crippen LogP contribution in [0.15, 0.2) is 23.3 Å². The molecule has 5 heteroatoms. The summed E-state index contributed by atoms with van der Waals surface area (Å²) in [5, 5.41) is 0. The van der Waals surface area contributed by atoms with Crippen LogP contribution in [0.25, 0.3) is 0 Å². The number of carbonyl (C=O) groups is 2. The average molecular weight is 451 g/mol. The molecule has 0 aromatic heterocycles. The summed E-state index contributed by atoms with van der Waals surface area (Å²) in [5.41, 5.74) is 1.70. The first-order valence-electron chi connectivity index (χ1n) is 11.5. The molecule has 2 aliphatic rings. The van der Waals surface area contributed by atoms with E-state index >= 15 is 0 Å². The van der Waals surface area contributed by atoms with E-state index in [1.54, 1.807) is 0 Å². The van der Waals surface area contributed by atoms with E-state index in [0.717, 1.165) is 25.7 Å². The largest absolute Gasteiger partial charge is 0.454 e. The van der Waals surface area contributed by atoms with Gasteiger partial charge in [-0.25, -0.2) is 0 Å². The van der Waals surface area contributed by atoms with Crippen molar-refractivity contribution in [1.82, 2.24) is 0 Å². The van der Waals surface area contributed by atoms with Crippen molar-refractivity contribution in [2.75, 3.05) is 11.9 Å². The van der Waals surface area contributed by atoms with Crippen molar-refractivity contribution in [2.24, 2.45) is 21.7 Å². The van der Waals surface area contributed by atoms with E-state index in [-0.39, 0.29) is 34.6 Å². The lowest BCUT2D eigenvalue weighted by Gasteiger charge is -2.26. The van der Waals surface area contributed by atoms with E-state index < -0.39 is 10.8 Å². The lowest BCUT2D eigenvalue weighted by atomic mass is 9.81. The first-order valence-corrected chi connectivity index (χ1v) is 12.7. The Morgan fingerprint density at radius 1 is 0.806 bits per heavy atom. The van der Waals surface area contributed by atoms with Crippen LogP contribution in [0.5, 0.6) is 0 Å². The topological polar surface area (TPSA) is 52.6 Å². The van der Waals surface area contributed by atoms with Gasteiger partial charge in [-0.05, 0) is 77.0 Å². The van der Waals surface area contributed by atoms with Crippen LogP contribution in [-0.2, 0) is 19.1 Å². The smallest absolute Gasteiger partial charge is 0.316 e. The first-order chi connectivity index (χ1) is 14.2. The molecule has 0 aromatic rings. The highest BCUT2D eigenvalue weighted by molar-refractivity contribution is 7.99. The number of esters is 2. The summed E-state index contributed by atoms with van der Waals surface area (Å²) in [6, 6.07) is 0. The van der Waals surface area contributed by atoms with Crippen LogP contribution in [0.2, 0.25) is 0 Å². The zero-order valence-corrected chi connectivity index (χ0v) is 21.7. The number of hydrogen-bond acceptors (Lipinski definition) is 5. The molecule has 0 aromatic carbocycles. The number of ether oxygens (including phenoxy) is 2. The Bertz CT molecular complexity index is 679. The van der Waals surface area contributed by atoms with Crippen molar-refractivity contribution in [3.63, 3.8) is 0 Å². The molecular formula is C26H42O4S. The third-order valence-electron chi connectivity index (χ3n) is 6.90. The second-order valence-electron chi connectivity index (χ2n) is 11.6. The van der Waals surface area contributed by atoms with Crippen molar-refractivity contribution in [3.05, 3.63) is 23.3 Å². The van der Waals surface area contributed by atoms with Gasteiger partial charge in [0.05, 0.1) is 10.8 Å². The van der Waals surface area contributed by atoms with Gasteiger partial charge in [0.1, 0.15) is 11.9 Å². The number of allylic oxidation sites excluding steroid dienone is 2. The van der Waals surface area contributed by atoms with Crippen LogP contribution in [0.4, 0.5) is 0 Å². The molecule has 2 saturated carbocycles. The highest BCUT2D eigenvalue weighted by Crippen LogP contribution is 2.45. The van der Waals surface area contributed by atoms with Gasteiger partial charge >= 0.3 is 11.9 Å². The molecule has 0 aliphatic heterocycles. The fourth-order valence-electron chi connectivity index (χ4n) is 4.56. The van der Waals surface area contributed by atoms with Gasteiger partial charge in [-0.15, -0.1) is 0 Å². The molecule has 0 heterocycles. The normalized spacial score (nSPS) is 23.4. The van der Waals surface area contributed by atoms with Crippen molar-refractivity contribution in [3.8, 4) is 0 Å². The van der Waals surface area contributed by atoms with Gasteiger partial charge in [0.2, 0.25) is 0 Å². The Morgan fingerprint density at radius 3 is 1.45 bits per heavy atom. The van der Waals surface area contributed by atoms with Gasteiger partial charge in [-0.2, -0.15) is 0 Å². The van der Waals surface area contributed by atoms with E-state index in [1.807, 2.05) is 27.7 Å². The third kappa shape index (κ3) is 6.87. The van der Waals surface area contributed by atoms with E-state index in [9.17, 15) is 9.59 Å². The standard InChI is InChI=1S/C26H42O4S/c1-23(2)13-9-11-19(23)15-25(5,6)21(27)29-17-31-18-30-22(28)26(7,8)16-20-12-10-14-24(20,3)4/h15-16H,9-14,17-18H2,1-8H3.